The van der Waals surface area contributed by atoms with Crippen LogP contribution in [-0.2, 0) is 39.3 Å². The lowest BCUT2D eigenvalue weighted by Crippen LogP contribution is -2.51. The first kappa shape index (κ1) is 22.8. The molecule has 0 bridgehead atoms. The van der Waals surface area contributed by atoms with Crippen LogP contribution in [0.15, 0.2) is 48.5 Å². The first-order valence-electron chi connectivity index (χ1n) is 10.2. The normalized spacial score (nSPS) is 15.8. The third-order valence-corrected chi connectivity index (χ3v) is 5.90. The van der Waals surface area contributed by atoms with Gasteiger partial charge in [-0.3, -0.25) is 18.9 Å². The van der Waals surface area contributed by atoms with Gasteiger partial charge in [0.25, 0.3) is 0 Å². The van der Waals surface area contributed by atoms with Gasteiger partial charge in [-0.1, -0.05) is 36.4 Å². The Kier molecular flexibility index (Phi) is 7.29. The third kappa shape index (κ3) is 6.28. The SMILES string of the molecule is CNC(=O)[C@@H]1Cc2ccc(NS(=O)(=O)O)cc2CN1C(=O)CCCCc1ccccc1. The third-order valence-electron chi connectivity index (χ3n) is 5.40. The van der Waals surface area contributed by atoms with Crippen LogP contribution in [0, 0.1) is 0 Å². The van der Waals surface area contributed by atoms with Crippen molar-refractivity contribution in [2.24, 2.45) is 0 Å². The van der Waals surface area contributed by atoms with Gasteiger partial charge in [0.15, 0.2) is 0 Å². The summed E-state index contributed by atoms with van der Waals surface area (Å²) in [4.78, 5) is 26.9. The zero-order valence-electron chi connectivity index (χ0n) is 17.4. The van der Waals surface area contributed by atoms with Gasteiger partial charge in [0, 0.05) is 26.4 Å². The number of carbonyl (C=O) groups excluding carboxylic acids is 2. The molecule has 0 saturated heterocycles. The summed E-state index contributed by atoms with van der Waals surface area (Å²) < 4.78 is 33.2. The van der Waals surface area contributed by atoms with Crippen molar-refractivity contribution in [2.75, 3.05) is 11.8 Å². The van der Waals surface area contributed by atoms with Gasteiger partial charge >= 0.3 is 10.3 Å². The monoisotopic (exact) mass is 445 g/mol. The van der Waals surface area contributed by atoms with Gasteiger partial charge in [0.2, 0.25) is 11.8 Å². The molecule has 0 radical (unpaired) electrons. The number of carbonyl (C=O) groups is 2. The molecule has 0 aromatic heterocycles. The summed E-state index contributed by atoms with van der Waals surface area (Å²) in [5.41, 5.74) is 3.04. The highest BCUT2D eigenvalue weighted by Gasteiger charge is 2.34. The minimum atomic E-state index is -4.39. The minimum absolute atomic E-state index is 0.111. The number of anilines is 1. The number of nitrogens with zero attached hydrogens (tertiary/aromatic N) is 1. The van der Waals surface area contributed by atoms with Crippen LogP contribution in [-0.4, -0.2) is 42.8 Å². The first-order valence-corrected chi connectivity index (χ1v) is 11.6. The molecular formula is C22H27N3O5S. The second kappa shape index (κ2) is 9.93. The minimum Gasteiger partial charge on any atom is -0.357 e. The number of likely N-dealkylation sites (N-methyl/N-ethyl adjacent to an activating group) is 1. The first-order chi connectivity index (χ1) is 14.8. The smallest absolute Gasteiger partial charge is 0.357 e. The van der Waals surface area contributed by atoms with Crippen molar-refractivity contribution >= 4 is 27.8 Å². The highest BCUT2D eigenvalue weighted by atomic mass is 32.2. The van der Waals surface area contributed by atoms with E-state index in [2.05, 4.69) is 17.4 Å². The van der Waals surface area contributed by atoms with Crippen molar-refractivity contribution in [3.05, 3.63) is 65.2 Å². The molecule has 0 aliphatic carbocycles. The molecule has 0 spiro atoms. The number of unbranched alkanes of at least 4 members (excludes halogenated alkanes) is 1. The van der Waals surface area contributed by atoms with Gasteiger partial charge in [-0.05, 0) is 48.1 Å². The summed E-state index contributed by atoms with van der Waals surface area (Å²) in [6.07, 6.45) is 3.14. The number of nitrogens with one attached hydrogen (secondary N) is 2. The van der Waals surface area contributed by atoms with Gasteiger partial charge in [-0.2, -0.15) is 8.42 Å². The van der Waals surface area contributed by atoms with Crippen LogP contribution in [0.25, 0.3) is 0 Å². The van der Waals surface area contributed by atoms with Crippen LogP contribution in [0.1, 0.15) is 36.0 Å². The molecule has 0 saturated carbocycles. The molecule has 9 heteroatoms. The van der Waals surface area contributed by atoms with Crippen LogP contribution < -0.4 is 10.0 Å². The molecule has 166 valence electrons. The van der Waals surface area contributed by atoms with E-state index in [1.165, 1.54) is 11.6 Å². The fourth-order valence-corrected chi connectivity index (χ4v) is 4.28. The Bertz CT molecular complexity index is 1040. The number of aryl methyl sites for hydroxylation is 1. The van der Waals surface area contributed by atoms with E-state index in [1.54, 1.807) is 24.1 Å². The van der Waals surface area contributed by atoms with E-state index >= 15 is 0 Å². The molecular weight excluding hydrogens is 418 g/mol. The summed E-state index contributed by atoms with van der Waals surface area (Å²) in [5.74, 6) is -0.344. The molecule has 1 aliphatic heterocycles. The highest BCUT2D eigenvalue weighted by Crippen LogP contribution is 2.27. The largest absolute Gasteiger partial charge is 0.357 e. The van der Waals surface area contributed by atoms with Crippen molar-refractivity contribution in [1.82, 2.24) is 10.2 Å². The molecule has 1 heterocycles. The van der Waals surface area contributed by atoms with Crippen LogP contribution in [0.3, 0.4) is 0 Å². The van der Waals surface area contributed by atoms with E-state index in [1.807, 2.05) is 22.9 Å². The number of hydrogen-bond donors (Lipinski definition) is 3. The van der Waals surface area contributed by atoms with E-state index in [4.69, 9.17) is 4.55 Å². The molecule has 2 aromatic carbocycles. The molecule has 3 rings (SSSR count). The number of rotatable bonds is 8. The summed E-state index contributed by atoms with van der Waals surface area (Å²) in [6, 6.07) is 14.3. The average molecular weight is 446 g/mol. The number of amides is 2. The maximum atomic E-state index is 13.0. The maximum Gasteiger partial charge on any atom is 0.357 e. The molecule has 1 atom stereocenters. The molecule has 1 aliphatic rings. The molecule has 2 amide bonds. The van der Waals surface area contributed by atoms with Crippen LogP contribution >= 0.6 is 0 Å². The van der Waals surface area contributed by atoms with Crippen LogP contribution in [0.4, 0.5) is 5.69 Å². The zero-order valence-corrected chi connectivity index (χ0v) is 18.2. The van der Waals surface area contributed by atoms with Crippen molar-refractivity contribution in [2.45, 2.75) is 44.7 Å². The molecule has 0 fully saturated rings. The molecule has 0 unspecified atom stereocenters. The van der Waals surface area contributed by atoms with E-state index in [9.17, 15) is 18.0 Å². The molecule has 31 heavy (non-hydrogen) atoms. The lowest BCUT2D eigenvalue weighted by molar-refractivity contribution is -0.141. The molecule has 3 N–H and O–H groups in total. The molecule has 8 nitrogen and oxygen atoms in total. The van der Waals surface area contributed by atoms with Crippen molar-refractivity contribution in [3.63, 3.8) is 0 Å². The predicted octanol–water partition coefficient (Wildman–Crippen LogP) is 2.31. The Hall–Kier alpha value is -2.91. The summed E-state index contributed by atoms with van der Waals surface area (Å²) in [6.45, 7) is 0.200. The van der Waals surface area contributed by atoms with Crippen LogP contribution in [0.5, 0.6) is 0 Å². The Morgan fingerprint density at radius 3 is 2.52 bits per heavy atom. The van der Waals surface area contributed by atoms with Crippen molar-refractivity contribution in [1.29, 1.82) is 0 Å². The van der Waals surface area contributed by atoms with Gasteiger partial charge in [0.05, 0.1) is 5.69 Å². The zero-order chi connectivity index (χ0) is 22.4. The Morgan fingerprint density at radius 2 is 1.84 bits per heavy atom. The average Bonchev–Trinajstić information content (AvgIpc) is 2.74. The van der Waals surface area contributed by atoms with Crippen LogP contribution in [0.2, 0.25) is 0 Å². The van der Waals surface area contributed by atoms with Gasteiger partial charge in [-0.15, -0.1) is 0 Å². The van der Waals surface area contributed by atoms with E-state index in [0.717, 1.165) is 24.0 Å². The number of benzene rings is 2. The van der Waals surface area contributed by atoms with Crippen molar-refractivity contribution < 1.29 is 22.6 Å². The predicted molar refractivity (Wildman–Crippen MR) is 118 cm³/mol. The second-order valence-electron chi connectivity index (χ2n) is 7.61. The van der Waals surface area contributed by atoms with Gasteiger partial charge in [-0.25, -0.2) is 0 Å². The lowest BCUT2D eigenvalue weighted by Gasteiger charge is -2.36. The summed E-state index contributed by atoms with van der Waals surface area (Å²) in [7, 11) is -2.85. The van der Waals surface area contributed by atoms with Crippen molar-refractivity contribution in [3.8, 4) is 0 Å². The quantitative estimate of drug-likeness (QED) is 0.426. The van der Waals surface area contributed by atoms with E-state index in [0.29, 0.717) is 19.3 Å². The summed E-state index contributed by atoms with van der Waals surface area (Å²) in [5, 5.41) is 2.62. The Balaban J connectivity index is 1.69. The van der Waals surface area contributed by atoms with E-state index < -0.39 is 16.3 Å². The van der Waals surface area contributed by atoms with E-state index in [-0.39, 0.29) is 24.0 Å². The second-order valence-corrected chi connectivity index (χ2v) is 8.76. The topological polar surface area (TPSA) is 116 Å². The lowest BCUT2D eigenvalue weighted by atomic mass is 9.92. The number of fused-ring (bicyclic) bond motifs is 1. The number of hydrogen-bond acceptors (Lipinski definition) is 4. The summed E-state index contributed by atoms with van der Waals surface area (Å²) >= 11 is 0. The van der Waals surface area contributed by atoms with Gasteiger partial charge < -0.3 is 10.2 Å². The molecule has 2 aromatic rings. The Morgan fingerprint density at radius 1 is 1.10 bits per heavy atom. The fourth-order valence-electron chi connectivity index (χ4n) is 3.85. The Labute approximate surface area is 182 Å². The fraction of sp³-hybridized carbons (Fsp3) is 0.364. The maximum absolute atomic E-state index is 13.0. The highest BCUT2D eigenvalue weighted by molar-refractivity contribution is 7.87. The standard InChI is InChI=1S/C22H27N3O5S/c1-23-22(27)20-14-17-11-12-19(24-31(28,29)30)13-18(17)15-25(20)21(26)10-6-5-9-16-7-3-2-4-8-16/h2-4,7-8,11-13,20,24H,5-6,9-10,14-15H2,1H3,(H,23,27)(H,28,29,30)/t20-/m0/s1. The van der Waals surface area contributed by atoms with Gasteiger partial charge in [0.1, 0.15) is 6.04 Å².